The van der Waals surface area contributed by atoms with Gasteiger partial charge >= 0.3 is 0 Å². The van der Waals surface area contributed by atoms with E-state index in [2.05, 4.69) is 10.4 Å². The van der Waals surface area contributed by atoms with E-state index in [1.54, 1.807) is 0 Å². The van der Waals surface area contributed by atoms with Crippen LogP contribution in [0.25, 0.3) is 0 Å². The van der Waals surface area contributed by atoms with Crippen molar-refractivity contribution >= 4 is 5.91 Å². The third-order valence-corrected chi connectivity index (χ3v) is 3.16. The minimum absolute atomic E-state index is 0.0293. The molecule has 1 aliphatic carbocycles. The van der Waals surface area contributed by atoms with Gasteiger partial charge in [0.05, 0.1) is 11.3 Å². The van der Waals surface area contributed by atoms with Gasteiger partial charge in [0.2, 0.25) is 0 Å². The zero-order valence-corrected chi connectivity index (χ0v) is 10.2. The summed E-state index contributed by atoms with van der Waals surface area (Å²) in [7, 11) is 0. The van der Waals surface area contributed by atoms with E-state index < -0.39 is 0 Å². The number of aromatic nitrogens is 2. The first-order valence-corrected chi connectivity index (χ1v) is 5.95. The van der Waals surface area contributed by atoms with E-state index in [9.17, 15) is 4.79 Å². The van der Waals surface area contributed by atoms with Crippen LogP contribution in [-0.4, -0.2) is 22.2 Å². The summed E-state index contributed by atoms with van der Waals surface area (Å²) in [5.74, 6) is 0.743. The van der Waals surface area contributed by atoms with E-state index in [1.165, 1.54) is 12.8 Å². The molecule has 0 bridgehead atoms. The van der Waals surface area contributed by atoms with E-state index in [0.29, 0.717) is 5.92 Å². The van der Waals surface area contributed by atoms with Crippen molar-refractivity contribution in [2.24, 2.45) is 5.92 Å². The molecule has 4 heteroatoms. The molecule has 0 aromatic carbocycles. The van der Waals surface area contributed by atoms with Crippen LogP contribution in [0.1, 0.15) is 41.5 Å². The van der Waals surface area contributed by atoms with Crippen LogP contribution in [0.4, 0.5) is 0 Å². The maximum absolute atomic E-state index is 12.0. The molecule has 4 nitrogen and oxygen atoms in total. The van der Waals surface area contributed by atoms with E-state index in [1.807, 2.05) is 25.5 Å². The SMILES string of the molecule is CCn1nc(C)c(C(=O)NCC2CC2)c1C. The number of hydrogen-bond donors (Lipinski definition) is 1. The lowest BCUT2D eigenvalue weighted by Crippen LogP contribution is -2.26. The second kappa shape index (κ2) is 4.28. The smallest absolute Gasteiger partial charge is 0.255 e. The van der Waals surface area contributed by atoms with Crippen molar-refractivity contribution in [1.82, 2.24) is 15.1 Å². The van der Waals surface area contributed by atoms with Gasteiger partial charge in [-0.2, -0.15) is 5.10 Å². The highest BCUT2D eigenvalue weighted by molar-refractivity contribution is 5.96. The molecule has 1 heterocycles. The molecule has 0 radical (unpaired) electrons. The molecule has 1 saturated carbocycles. The van der Waals surface area contributed by atoms with Crippen molar-refractivity contribution in [1.29, 1.82) is 0 Å². The number of amides is 1. The summed E-state index contributed by atoms with van der Waals surface area (Å²) >= 11 is 0. The molecule has 0 unspecified atom stereocenters. The number of nitrogens with one attached hydrogen (secondary N) is 1. The molecule has 1 fully saturated rings. The maximum atomic E-state index is 12.0. The lowest BCUT2D eigenvalue weighted by atomic mass is 10.2. The van der Waals surface area contributed by atoms with Gasteiger partial charge in [0, 0.05) is 18.8 Å². The number of carbonyl (C=O) groups excluding carboxylic acids is 1. The van der Waals surface area contributed by atoms with Crippen LogP contribution in [0.3, 0.4) is 0 Å². The van der Waals surface area contributed by atoms with Crippen LogP contribution in [0.5, 0.6) is 0 Å². The summed E-state index contributed by atoms with van der Waals surface area (Å²) in [4.78, 5) is 12.0. The third-order valence-electron chi connectivity index (χ3n) is 3.16. The van der Waals surface area contributed by atoms with Gasteiger partial charge in [-0.05, 0) is 39.5 Å². The molecule has 0 atom stereocenters. The number of carbonyl (C=O) groups is 1. The number of nitrogens with zero attached hydrogens (tertiary/aromatic N) is 2. The quantitative estimate of drug-likeness (QED) is 0.840. The van der Waals surface area contributed by atoms with E-state index in [0.717, 1.165) is 30.0 Å². The van der Waals surface area contributed by atoms with Gasteiger partial charge in [0.1, 0.15) is 0 Å². The van der Waals surface area contributed by atoms with E-state index >= 15 is 0 Å². The Morgan fingerprint density at radius 2 is 2.19 bits per heavy atom. The Kier molecular flexibility index (Phi) is 2.99. The van der Waals surface area contributed by atoms with Gasteiger partial charge in [0.15, 0.2) is 0 Å². The van der Waals surface area contributed by atoms with Crippen molar-refractivity contribution in [3.05, 3.63) is 17.0 Å². The Bertz CT molecular complexity index is 405. The van der Waals surface area contributed by atoms with Crippen LogP contribution in [-0.2, 0) is 6.54 Å². The molecule has 1 amide bonds. The molecule has 1 aromatic rings. The molecule has 16 heavy (non-hydrogen) atoms. The van der Waals surface area contributed by atoms with Crippen molar-refractivity contribution in [3.8, 4) is 0 Å². The molecule has 1 N–H and O–H groups in total. The Labute approximate surface area is 96.0 Å². The maximum Gasteiger partial charge on any atom is 0.255 e. The summed E-state index contributed by atoms with van der Waals surface area (Å²) in [5.41, 5.74) is 2.54. The van der Waals surface area contributed by atoms with Crippen molar-refractivity contribution in [3.63, 3.8) is 0 Å². The zero-order valence-electron chi connectivity index (χ0n) is 10.2. The fourth-order valence-corrected chi connectivity index (χ4v) is 1.98. The average Bonchev–Trinajstić information content (AvgIpc) is 3.02. The van der Waals surface area contributed by atoms with Crippen molar-refractivity contribution in [2.45, 2.75) is 40.2 Å². The van der Waals surface area contributed by atoms with Crippen LogP contribution in [0.15, 0.2) is 0 Å². The lowest BCUT2D eigenvalue weighted by molar-refractivity contribution is 0.0950. The largest absolute Gasteiger partial charge is 0.352 e. The lowest BCUT2D eigenvalue weighted by Gasteiger charge is -2.04. The third kappa shape index (κ3) is 2.10. The van der Waals surface area contributed by atoms with Gasteiger partial charge in [0.25, 0.3) is 5.91 Å². The summed E-state index contributed by atoms with van der Waals surface area (Å²) in [6, 6.07) is 0. The van der Waals surface area contributed by atoms with Crippen LogP contribution in [0.2, 0.25) is 0 Å². The second-order valence-corrected chi connectivity index (χ2v) is 4.51. The molecule has 88 valence electrons. The average molecular weight is 221 g/mol. The van der Waals surface area contributed by atoms with Gasteiger partial charge in [-0.15, -0.1) is 0 Å². The van der Waals surface area contributed by atoms with Gasteiger partial charge in [-0.25, -0.2) is 0 Å². The first kappa shape index (κ1) is 11.2. The normalized spacial score (nSPS) is 15.2. The van der Waals surface area contributed by atoms with Crippen molar-refractivity contribution in [2.75, 3.05) is 6.54 Å². The molecular weight excluding hydrogens is 202 g/mol. The van der Waals surface area contributed by atoms with Crippen molar-refractivity contribution < 1.29 is 4.79 Å². The highest BCUT2D eigenvalue weighted by atomic mass is 16.1. The van der Waals surface area contributed by atoms with Gasteiger partial charge < -0.3 is 5.32 Å². The molecule has 1 aliphatic rings. The second-order valence-electron chi connectivity index (χ2n) is 4.51. The van der Waals surface area contributed by atoms with Crippen LogP contribution >= 0.6 is 0 Å². The number of rotatable bonds is 4. The molecular formula is C12H19N3O. The van der Waals surface area contributed by atoms with Gasteiger partial charge in [-0.1, -0.05) is 0 Å². The molecule has 0 saturated heterocycles. The Hall–Kier alpha value is -1.32. The van der Waals surface area contributed by atoms with Crippen LogP contribution in [0, 0.1) is 19.8 Å². The molecule has 0 aliphatic heterocycles. The highest BCUT2D eigenvalue weighted by Gasteiger charge is 2.23. The topological polar surface area (TPSA) is 46.9 Å². The van der Waals surface area contributed by atoms with E-state index in [-0.39, 0.29) is 5.91 Å². The Morgan fingerprint density at radius 3 is 2.69 bits per heavy atom. The first-order chi connectivity index (χ1) is 7.63. The molecule has 1 aromatic heterocycles. The minimum atomic E-state index is 0.0293. The zero-order chi connectivity index (χ0) is 11.7. The number of hydrogen-bond acceptors (Lipinski definition) is 2. The predicted octanol–water partition coefficient (Wildman–Crippen LogP) is 1.66. The number of aryl methyl sites for hydroxylation is 2. The summed E-state index contributed by atoms with van der Waals surface area (Å²) in [6.07, 6.45) is 2.51. The van der Waals surface area contributed by atoms with Gasteiger partial charge in [-0.3, -0.25) is 9.48 Å². The fraction of sp³-hybridized carbons (Fsp3) is 0.667. The summed E-state index contributed by atoms with van der Waals surface area (Å²) in [5, 5.41) is 7.34. The van der Waals surface area contributed by atoms with E-state index in [4.69, 9.17) is 0 Å². The van der Waals surface area contributed by atoms with Crippen LogP contribution < -0.4 is 5.32 Å². The fourth-order valence-electron chi connectivity index (χ4n) is 1.98. The molecule has 0 spiro atoms. The highest BCUT2D eigenvalue weighted by Crippen LogP contribution is 2.27. The Morgan fingerprint density at radius 1 is 1.50 bits per heavy atom. The summed E-state index contributed by atoms with van der Waals surface area (Å²) in [6.45, 7) is 7.50. The summed E-state index contributed by atoms with van der Waals surface area (Å²) < 4.78 is 1.88. The monoisotopic (exact) mass is 221 g/mol. The minimum Gasteiger partial charge on any atom is -0.352 e. The standard InChI is InChI=1S/C12H19N3O/c1-4-15-9(3)11(8(2)14-15)12(16)13-7-10-5-6-10/h10H,4-7H2,1-3H3,(H,13,16). The molecule has 2 rings (SSSR count). The Balaban J connectivity index is 2.11. The first-order valence-electron chi connectivity index (χ1n) is 5.95. The predicted molar refractivity (Wildman–Crippen MR) is 62.4 cm³/mol.